The molecular formula is C10H11N3O2. The Balaban J connectivity index is 2.47. The van der Waals surface area contributed by atoms with Crippen molar-refractivity contribution >= 4 is 16.9 Å². The van der Waals surface area contributed by atoms with Gasteiger partial charge in [0.1, 0.15) is 6.54 Å². The van der Waals surface area contributed by atoms with Crippen LogP contribution in [0.2, 0.25) is 0 Å². The van der Waals surface area contributed by atoms with E-state index in [1.807, 2.05) is 12.1 Å². The molecule has 0 aliphatic rings. The number of methoxy groups -OCH3 is 1. The fourth-order valence-electron chi connectivity index (χ4n) is 1.47. The Bertz CT molecular complexity index is 504. The lowest BCUT2D eigenvalue weighted by Crippen LogP contribution is -2.17. The lowest BCUT2D eigenvalue weighted by atomic mass is 10.4. The maximum absolute atomic E-state index is 10.8. The molecule has 2 aromatic heterocycles. The molecule has 2 rings (SSSR count). The second-order valence-corrected chi connectivity index (χ2v) is 3.17. The Hall–Kier alpha value is -2.04. The molecule has 2 aromatic rings. The van der Waals surface area contributed by atoms with E-state index in [9.17, 15) is 4.79 Å². The van der Waals surface area contributed by atoms with E-state index >= 15 is 0 Å². The Morgan fingerprint density at radius 3 is 3.00 bits per heavy atom. The number of hydrogen-bond donors (Lipinski definition) is 1. The lowest BCUT2D eigenvalue weighted by Gasteiger charge is -2.02. The average Bonchev–Trinajstić information content (AvgIpc) is 2.60. The van der Waals surface area contributed by atoms with Gasteiger partial charge in [0.2, 0.25) is 11.8 Å². The fraction of sp³-hybridized carbons (Fsp3) is 0.200. The molecule has 0 saturated carbocycles. The van der Waals surface area contributed by atoms with Crippen molar-refractivity contribution in [2.24, 2.45) is 5.73 Å². The van der Waals surface area contributed by atoms with E-state index in [0.717, 1.165) is 11.0 Å². The summed E-state index contributed by atoms with van der Waals surface area (Å²) in [6.45, 7) is 0.164. The van der Waals surface area contributed by atoms with Crippen LogP contribution in [0.15, 0.2) is 24.4 Å². The number of carbonyl (C=O) groups excluding carboxylic acids is 1. The van der Waals surface area contributed by atoms with Crippen LogP contribution < -0.4 is 10.5 Å². The average molecular weight is 205 g/mol. The first-order valence-corrected chi connectivity index (χ1v) is 4.49. The smallest absolute Gasteiger partial charge is 0.237 e. The minimum absolute atomic E-state index is 0.164. The Morgan fingerprint density at radius 1 is 1.53 bits per heavy atom. The Morgan fingerprint density at radius 2 is 2.33 bits per heavy atom. The molecule has 15 heavy (non-hydrogen) atoms. The minimum Gasteiger partial charge on any atom is -0.481 e. The van der Waals surface area contributed by atoms with Gasteiger partial charge in [-0.3, -0.25) is 4.79 Å². The van der Waals surface area contributed by atoms with Crippen LogP contribution in [-0.4, -0.2) is 22.6 Å². The van der Waals surface area contributed by atoms with Crippen molar-refractivity contribution in [3.05, 3.63) is 24.4 Å². The van der Waals surface area contributed by atoms with Crippen LogP contribution >= 0.6 is 0 Å². The van der Waals surface area contributed by atoms with E-state index in [4.69, 9.17) is 10.5 Å². The van der Waals surface area contributed by atoms with E-state index in [-0.39, 0.29) is 12.5 Å². The van der Waals surface area contributed by atoms with Gasteiger partial charge < -0.3 is 15.0 Å². The zero-order valence-corrected chi connectivity index (χ0v) is 8.30. The van der Waals surface area contributed by atoms with Crippen molar-refractivity contribution in [3.8, 4) is 5.88 Å². The SMILES string of the molecule is COc1ccc2c(ccn2CC(N)=O)n1. The van der Waals surface area contributed by atoms with Gasteiger partial charge in [-0.2, -0.15) is 0 Å². The number of rotatable bonds is 3. The van der Waals surface area contributed by atoms with Crippen molar-refractivity contribution in [2.45, 2.75) is 6.54 Å². The molecule has 1 amide bonds. The molecule has 78 valence electrons. The fourth-order valence-corrected chi connectivity index (χ4v) is 1.47. The van der Waals surface area contributed by atoms with E-state index in [1.54, 1.807) is 23.9 Å². The Labute approximate surface area is 86.5 Å². The first-order valence-electron chi connectivity index (χ1n) is 4.49. The molecule has 2 heterocycles. The maximum Gasteiger partial charge on any atom is 0.237 e. The number of carbonyl (C=O) groups is 1. The van der Waals surface area contributed by atoms with E-state index in [2.05, 4.69) is 4.98 Å². The summed E-state index contributed by atoms with van der Waals surface area (Å²) in [5.74, 6) is 0.183. The molecule has 0 aliphatic carbocycles. The topological polar surface area (TPSA) is 70.1 Å². The number of primary amides is 1. The quantitative estimate of drug-likeness (QED) is 0.794. The van der Waals surface area contributed by atoms with Crippen LogP contribution in [0.25, 0.3) is 11.0 Å². The number of hydrogen-bond acceptors (Lipinski definition) is 3. The first-order chi connectivity index (χ1) is 7.20. The van der Waals surface area contributed by atoms with Crippen LogP contribution in [0.1, 0.15) is 0 Å². The van der Waals surface area contributed by atoms with Crippen molar-refractivity contribution < 1.29 is 9.53 Å². The lowest BCUT2D eigenvalue weighted by molar-refractivity contribution is -0.118. The van der Waals surface area contributed by atoms with E-state index in [0.29, 0.717) is 5.88 Å². The standard InChI is InChI=1S/C10H11N3O2/c1-15-10-3-2-8-7(12-10)4-5-13(8)6-9(11)14/h2-5H,6H2,1H3,(H2,11,14). The highest BCUT2D eigenvalue weighted by Gasteiger charge is 2.05. The highest BCUT2D eigenvalue weighted by Crippen LogP contribution is 2.17. The third-order valence-electron chi connectivity index (χ3n) is 2.13. The van der Waals surface area contributed by atoms with Crippen molar-refractivity contribution in [3.63, 3.8) is 0 Å². The van der Waals surface area contributed by atoms with Crippen molar-refractivity contribution in [1.82, 2.24) is 9.55 Å². The summed E-state index contributed by atoms with van der Waals surface area (Å²) in [7, 11) is 1.56. The van der Waals surface area contributed by atoms with Crippen molar-refractivity contribution in [2.75, 3.05) is 7.11 Å². The van der Waals surface area contributed by atoms with Gasteiger partial charge in [0.05, 0.1) is 18.1 Å². The van der Waals surface area contributed by atoms with E-state index < -0.39 is 0 Å². The molecule has 5 heteroatoms. The summed E-state index contributed by atoms with van der Waals surface area (Å²) >= 11 is 0. The third-order valence-corrected chi connectivity index (χ3v) is 2.13. The van der Waals surface area contributed by atoms with Crippen LogP contribution in [0.5, 0.6) is 5.88 Å². The van der Waals surface area contributed by atoms with Gasteiger partial charge in [-0.15, -0.1) is 0 Å². The summed E-state index contributed by atoms with van der Waals surface area (Å²) in [4.78, 5) is 15.0. The first kappa shape index (κ1) is 9.51. The van der Waals surface area contributed by atoms with Crippen LogP contribution in [-0.2, 0) is 11.3 Å². The predicted molar refractivity (Wildman–Crippen MR) is 55.5 cm³/mol. The van der Waals surface area contributed by atoms with Crippen LogP contribution in [0, 0.1) is 0 Å². The third kappa shape index (κ3) is 1.76. The molecule has 0 bridgehead atoms. The van der Waals surface area contributed by atoms with Crippen LogP contribution in [0.4, 0.5) is 0 Å². The second-order valence-electron chi connectivity index (χ2n) is 3.17. The van der Waals surface area contributed by atoms with Gasteiger partial charge in [-0.1, -0.05) is 0 Å². The molecule has 0 aliphatic heterocycles. The largest absolute Gasteiger partial charge is 0.481 e. The summed E-state index contributed by atoms with van der Waals surface area (Å²) in [6.07, 6.45) is 1.78. The maximum atomic E-state index is 10.8. The zero-order chi connectivity index (χ0) is 10.8. The summed E-state index contributed by atoms with van der Waals surface area (Å²) in [5, 5.41) is 0. The van der Waals surface area contributed by atoms with Gasteiger partial charge in [0.25, 0.3) is 0 Å². The Kier molecular flexibility index (Phi) is 2.29. The number of fused-ring (bicyclic) bond motifs is 1. The molecule has 0 aromatic carbocycles. The predicted octanol–water partition coefficient (Wildman–Crippen LogP) is 0.530. The van der Waals surface area contributed by atoms with Crippen LogP contribution in [0.3, 0.4) is 0 Å². The summed E-state index contributed by atoms with van der Waals surface area (Å²) < 4.78 is 6.75. The summed E-state index contributed by atoms with van der Waals surface area (Å²) in [5.41, 5.74) is 6.78. The monoisotopic (exact) mass is 205 g/mol. The molecule has 2 N–H and O–H groups in total. The molecule has 0 unspecified atom stereocenters. The highest BCUT2D eigenvalue weighted by molar-refractivity contribution is 5.80. The second kappa shape index (κ2) is 3.61. The molecule has 0 saturated heterocycles. The zero-order valence-electron chi connectivity index (χ0n) is 8.30. The number of nitrogens with zero attached hydrogens (tertiary/aromatic N) is 2. The van der Waals surface area contributed by atoms with E-state index in [1.165, 1.54) is 0 Å². The molecular weight excluding hydrogens is 194 g/mol. The van der Waals surface area contributed by atoms with Gasteiger partial charge in [0.15, 0.2) is 0 Å². The number of nitrogens with two attached hydrogens (primary N) is 1. The normalized spacial score (nSPS) is 10.5. The van der Waals surface area contributed by atoms with Gasteiger partial charge >= 0.3 is 0 Å². The molecule has 0 fully saturated rings. The summed E-state index contributed by atoms with van der Waals surface area (Å²) in [6, 6.07) is 5.42. The minimum atomic E-state index is -0.372. The number of pyridine rings is 1. The number of amides is 1. The van der Waals surface area contributed by atoms with Gasteiger partial charge in [0, 0.05) is 12.3 Å². The number of ether oxygens (including phenoxy) is 1. The molecule has 5 nitrogen and oxygen atoms in total. The number of aromatic nitrogens is 2. The molecule has 0 radical (unpaired) electrons. The van der Waals surface area contributed by atoms with Gasteiger partial charge in [-0.05, 0) is 12.1 Å². The molecule has 0 atom stereocenters. The van der Waals surface area contributed by atoms with Gasteiger partial charge in [-0.25, -0.2) is 4.98 Å². The molecule has 0 spiro atoms. The highest BCUT2D eigenvalue weighted by atomic mass is 16.5. The van der Waals surface area contributed by atoms with Crippen molar-refractivity contribution in [1.29, 1.82) is 0 Å².